The Hall–Kier alpha value is -3.39. The predicted molar refractivity (Wildman–Crippen MR) is 121 cm³/mol. The smallest absolute Gasteiger partial charge is 0.255 e. The molecule has 1 aliphatic heterocycles. The fourth-order valence-electron chi connectivity index (χ4n) is 4.95. The third kappa shape index (κ3) is 4.18. The summed E-state index contributed by atoms with van der Waals surface area (Å²) in [6.07, 6.45) is 5.62. The molecule has 3 aromatic rings. The number of hydrogen-bond donors (Lipinski definition) is 1. The summed E-state index contributed by atoms with van der Waals surface area (Å²) in [7, 11) is 0. The highest BCUT2D eigenvalue weighted by Gasteiger charge is 2.46. The minimum absolute atomic E-state index is 0.0484. The topological polar surface area (TPSA) is 84.4 Å². The van der Waals surface area contributed by atoms with Crippen molar-refractivity contribution in [3.05, 3.63) is 66.2 Å². The number of benzene rings is 2. The van der Waals surface area contributed by atoms with E-state index >= 15 is 0 Å². The maximum Gasteiger partial charge on any atom is 0.255 e. The highest BCUT2D eigenvalue weighted by atomic mass is 19.1. The van der Waals surface area contributed by atoms with E-state index in [2.05, 4.69) is 15.3 Å². The molecule has 2 heterocycles. The van der Waals surface area contributed by atoms with Crippen LogP contribution < -0.4 is 5.32 Å². The van der Waals surface area contributed by atoms with Gasteiger partial charge in [0.25, 0.3) is 5.91 Å². The van der Waals surface area contributed by atoms with Crippen LogP contribution in [0, 0.1) is 5.82 Å². The summed E-state index contributed by atoms with van der Waals surface area (Å²) >= 11 is 0. The Labute approximate surface area is 191 Å². The average Bonchev–Trinajstić information content (AvgIpc) is 3.35. The summed E-state index contributed by atoms with van der Waals surface area (Å²) in [5.41, 5.74) is 1.98. The number of aromatic nitrogens is 2. The van der Waals surface area contributed by atoms with E-state index in [1.165, 1.54) is 12.1 Å². The van der Waals surface area contributed by atoms with E-state index in [1.54, 1.807) is 41.6 Å². The Balaban J connectivity index is 1.32. The summed E-state index contributed by atoms with van der Waals surface area (Å²) in [6.45, 7) is 0.840. The van der Waals surface area contributed by atoms with Crippen LogP contribution in [0.25, 0.3) is 11.0 Å². The van der Waals surface area contributed by atoms with Gasteiger partial charge in [0, 0.05) is 24.6 Å². The third-order valence-corrected chi connectivity index (χ3v) is 6.63. The maximum atomic E-state index is 14.0. The lowest BCUT2D eigenvalue weighted by atomic mass is 9.77. The van der Waals surface area contributed by atoms with Gasteiger partial charge in [-0.25, -0.2) is 4.39 Å². The first-order valence-corrected chi connectivity index (χ1v) is 11.2. The molecule has 8 heteroatoms. The zero-order chi connectivity index (χ0) is 22.8. The molecule has 0 spiro atoms. The van der Waals surface area contributed by atoms with Crippen molar-refractivity contribution in [2.24, 2.45) is 0 Å². The average molecular weight is 448 g/mol. The second-order valence-corrected chi connectivity index (χ2v) is 8.66. The summed E-state index contributed by atoms with van der Waals surface area (Å²) in [4.78, 5) is 36.8. The number of nitrogens with one attached hydrogen (secondary N) is 1. The number of carbonyl (C=O) groups excluding carboxylic acids is 2. The molecule has 1 unspecified atom stereocenters. The Kier molecular flexibility index (Phi) is 5.76. The van der Waals surface area contributed by atoms with Crippen molar-refractivity contribution in [3.8, 4) is 0 Å². The van der Waals surface area contributed by atoms with Gasteiger partial charge in [0.15, 0.2) is 6.10 Å². The van der Waals surface area contributed by atoms with Gasteiger partial charge >= 0.3 is 0 Å². The maximum absolute atomic E-state index is 14.0. The summed E-state index contributed by atoms with van der Waals surface area (Å²) in [5, 5.41) is 2.86. The standard InChI is InChI=1S/C25H25FN4O3/c26-18-5-3-4-17(14-18)25(8-1-2-9-25)24(32)30-12-13-33-22(16-30)23(31)29-19-6-7-20-21(15-19)28-11-10-27-20/h3-7,10-11,14-15,22H,1-2,8-9,12-13,16H2,(H,29,31). The molecule has 2 amide bonds. The number of ether oxygens (including phenoxy) is 1. The van der Waals surface area contributed by atoms with Gasteiger partial charge in [-0.2, -0.15) is 0 Å². The molecule has 1 saturated carbocycles. The Morgan fingerprint density at radius 2 is 1.85 bits per heavy atom. The highest BCUT2D eigenvalue weighted by molar-refractivity contribution is 5.97. The fourth-order valence-corrected chi connectivity index (χ4v) is 4.95. The minimum atomic E-state index is -0.786. The van der Waals surface area contributed by atoms with Crippen molar-refractivity contribution in [2.75, 3.05) is 25.0 Å². The van der Waals surface area contributed by atoms with Crippen molar-refractivity contribution >= 4 is 28.5 Å². The molecular weight excluding hydrogens is 423 g/mol. The predicted octanol–water partition coefficient (Wildman–Crippen LogP) is 3.45. The zero-order valence-electron chi connectivity index (χ0n) is 18.2. The van der Waals surface area contributed by atoms with Crippen LogP contribution in [0.2, 0.25) is 0 Å². The molecule has 1 saturated heterocycles. The highest BCUT2D eigenvalue weighted by Crippen LogP contribution is 2.43. The number of nitrogens with zero attached hydrogens (tertiary/aromatic N) is 3. The van der Waals surface area contributed by atoms with E-state index in [9.17, 15) is 14.0 Å². The molecule has 5 rings (SSSR count). The number of hydrogen-bond acceptors (Lipinski definition) is 5. The van der Waals surface area contributed by atoms with Gasteiger partial charge in [-0.1, -0.05) is 25.0 Å². The first-order chi connectivity index (χ1) is 16.0. The lowest BCUT2D eigenvalue weighted by Gasteiger charge is -2.39. The number of amides is 2. The second-order valence-electron chi connectivity index (χ2n) is 8.66. The molecule has 170 valence electrons. The molecule has 2 aliphatic rings. The quantitative estimate of drug-likeness (QED) is 0.661. The molecule has 0 radical (unpaired) electrons. The largest absolute Gasteiger partial charge is 0.365 e. The van der Waals surface area contributed by atoms with Crippen molar-refractivity contribution in [3.63, 3.8) is 0 Å². The summed E-state index contributed by atoms with van der Waals surface area (Å²) in [5.74, 6) is -0.708. The van der Waals surface area contributed by atoms with Gasteiger partial charge in [-0.3, -0.25) is 19.6 Å². The number of carbonyl (C=O) groups is 2. The van der Waals surface area contributed by atoms with Gasteiger partial charge in [-0.15, -0.1) is 0 Å². The van der Waals surface area contributed by atoms with Crippen molar-refractivity contribution in [1.29, 1.82) is 0 Å². The normalized spacial score (nSPS) is 20.0. The van der Waals surface area contributed by atoms with Crippen LogP contribution in [0.3, 0.4) is 0 Å². The molecule has 1 aliphatic carbocycles. The van der Waals surface area contributed by atoms with Crippen molar-refractivity contribution < 1.29 is 18.7 Å². The number of anilines is 1. The van der Waals surface area contributed by atoms with E-state index in [1.807, 2.05) is 6.07 Å². The molecule has 7 nitrogen and oxygen atoms in total. The van der Waals surface area contributed by atoms with Gasteiger partial charge in [0.1, 0.15) is 5.82 Å². The first kappa shape index (κ1) is 21.5. The summed E-state index contributed by atoms with van der Waals surface area (Å²) in [6, 6.07) is 11.7. The van der Waals surface area contributed by atoms with E-state index in [0.29, 0.717) is 30.6 Å². The molecule has 2 fully saturated rings. The van der Waals surface area contributed by atoms with Crippen LogP contribution in [0.15, 0.2) is 54.9 Å². The molecule has 1 N–H and O–H groups in total. The van der Waals surface area contributed by atoms with E-state index < -0.39 is 11.5 Å². The number of fused-ring (bicyclic) bond motifs is 1. The lowest BCUT2D eigenvalue weighted by molar-refractivity contribution is -0.149. The monoisotopic (exact) mass is 448 g/mol. The fraction of sp³-hybridized carbons (Fsp3) is 0.360. The van der Waals surface area contributed by atoms with Gasteiger partial charge in [0.2, 0.25) is 5.91 Å². The zero-order valence-corrected chi connectivity index (χ0v) is 18.2. The van der Waals surface area contributed by atoms with Crippen LogP contribution in [0.4, 0.5) is 10.1 Å². The molecule has 2 aromatic carbocycles. The van der Waals surface area contributed by atoms with Gasteiger partial charge in [-0.05, 0) is 48.7 Å². The first-order valence-electron chi connectivity index (χ1n) is 11.2. The SMILES string of the molecule is O=C(Nc1ccc2nccnc2c1)C1CN(C(=O)C2(c3cccc(F)c3)CCCC2)CCO1. The molecule has 1 aromatic heterocycles. The van der Waals surface area contributed by atoms with E-state index in [-0.39, 0.29) is 30.8 Å². The van der Waals surface area contributed by atoms with Gasteiger partial charge in [0.05, 0.1) is 29.6 Å². The second kappa shape index (κ2) is 8.86. The minimum Gasteiger partial charge on any atom is -0.365 e. The Bertz CT molecular complexity index is 1190. The van der Waals surface area contributed by atoms with Gasteiger partial charge < -0.3 is 15.0 Å². The number of rotatable bonds is 4. The van der Waals surface area contributed by atoms with Crippen molar-refractivity contribution in [1.82, 2.24) is 14.9 Å². The third-order valence-electron chi connectivity index (χ3n) is 6.63. The lowest BCUT2D eigenvalue weighted by Crippen LogP contribution is -2.54. The van der Waals surface area contributed by atoms with Crippen LogP contribution in [-0.2, 0) is 19.7 Å². The molecular formula is C25H25FN4O3. The van der Waals surface area contributed by atoms with Crippen LogP contribution in [0.1, 0.15) is 31.2 Å². The van der Waals surface area contributed by atoms with Crippen LogP contribution in [-0.4, -0.2) is 52.5 Å². The van der Waals surface area contributed by atoms with E-state index in [4.69, 9.17) is 4.74 Å². The van der Waals surface area contributed by atoms with E-state index in [0.717, 1.165) is 23.9 Å². The molecule has 33 heavy (non-hydrogen) atoms. The number of morpholine rings is 1. The Morgan fingerprint density at radius 1 is 1.06 bits per heavy atom. The Morgan fingerprint density at radius 3 is 2.64 bits per heavy atom. The van der Waals surface area contributed by atoms with Crippen molar-refractivity contribution in [2.45, 2.75) is 37.2 Å². The van der Waals surface area contributed by atoms with Crippen LogP contribution >= 0.6 is 0 Å². The molecule has 1 atom stereocenters. The number of halogens is 1. The summed E-state index contributed by atoms with van der Waals surface area (Å²) < 4.78 is 19.7. The molecule has 0 bridgehead atoms. The van der Waals surface area contributed by atoms with Crippen LogP contribution in [0.5, 0.6) is 0 Å².